The maximum Gasteiger partial charge on any atom is 0.387 e. The molecular formula is C16H13F4NO6. The molecule has 0 aliphatic rings. The Balaban J connectivity index is 2.29. The molecule has 27 heavy (non-hydrogen) atoms. The second-order valence-corrected chi connectivity index (χ2v) is 4.98. The summed E-state index contributed by atoms with van der Waals surface area (Å²) in [5.74, 6) is -3.66. The van der Waals surface area contributed by atoms with Crippen molar-refractivity contribution < 1.29 is 46.1 Å². The molecule has 2 rings (SSSR count). The summed E-state index contributed by atoms with van der Waals surface area (Å²) in [4.78, 5) is 23.3. The molecule has 11 heteroatoms. The number of carboxylic acid groups (broad SMARTS) is 1. The van der Waals surface area contributed by atoms with Crippen molar-refractivity contribution in [1.29, 1.82) is 0 Å². The average Bonchev–Trinajstić information content (AvgIpc) is 3.01. The summed E-state index contributed by atoms with van der Waals surface area (Å²) in [5, 5.41) is 11.2. The predicted octanol–water partition coefficient (Wildman–Crippen LogP) is 4.00. The van der Waals surface area contributed by atoms with Crippen LogP contribution < -0.4 is 14.8 Å². The monoisotopic (exact) mass is 391 g/mol. The number of hydrogen-bond acceptors (Lipinski definition) is 5. The number of halogens is 4. The Morgan fingerprint density at radius 3 is 2.33 bits per heavy atom. The number of carbonyl (C=O) groups is 2. The van der Waals surface area contributed by atoms with Crippen molar-refractivity contribution in [1.82, 2.24) is 0 Å². The lowest BCUT2D eigenvalue weighted by atomic mass is 10.2. The summed E-state index contributed by atoms with van der Waals surface area (Å²) in [6.45, 7) is -4.87. The van der Waals surface area contributed by atoms with E-state index in [-0.39, 0.29) is 29.2 Å². The van der Waals surface area contributed by atoms with Crippen LogP contribution in [-0.2, 0) is 6.42 Å². The van der Waals surface area contributed by atoms with Gasteiger partial charge in [0.15, 0.2) is 11.5 Å². The average molecular weight is 391 g/mol. The molecular weight excluding hydrogens is 378 g/mol. The smallest absolute Gasteiger partial charge is 0.387 e. The third kappa shape index (κ3) is 5.12. The van der Waals surface area contributed by atoms with Gasteiger partial charge in [-0.15, -0.1) is 0 Å². The van der Waals surface area contributed by atoms with Gasteiger partial charge in [0.05, 0.1) is 5.69 Å². The van der Waals surface area contributed by atoms with Crippen molar-refractivity contribution in [3.63, 3.8) is 0 Å². The van der Waals surface area contributed by atoms with E-state index in [9.17, 15) is 27.2 Å². The highest BCUT2D eigenvalue weighted by molar-refractivity contribution is 6.04. The maximum atomic E-state index is 12.5. The minimum atomic E-state index is -3.30. The lowest BCUT2D eigenvalue weighted by Gasteiger charge is -2.13. The van der Waals surface area contributed by atoms with E-state index >= 15 is 0 Å². The van der Waals surface area contributed by atoms with E-state index in [2.05, 4.69) is 14.8 Å². The van der Waals surface area contributed by atoms with Gasteiger partial charge in [-0.1, -0.05) is 6.92 Å². The quantitative estimate of drug-likeness (QED) is 0.661. The van der Waals surface area contributed by atoms with Crippen LogP contribution in [0.25, 0.3) is 0 Å². The minimum Gasteiger partial charge on any atom is -0.478 e. The molecule has 7 nitrogen and oxygen atoms in total. The molecule has 1 aromatic heterocycles. The van der Waals surface area contributed by atoms with Crippen molar-refractivity contribution in [2.75, 3.05) is 5.32 Å². The molecule has 1 heterocycles. The minimum absolute atomic E-state index is 0.0531. The van der Waals surface area contributed by atoms with Crippen LogP contribution in [0.4, 0.5) is 23.2 Å². The van der Waals surface area contributed by atoms with Crippen LogP contribution in [0.3, 0.4) is 0 Å². The maximum absolute atomic E-state index is 12.5. The molecule has 0 unspecified atom stereocenters. The highest BCUT2D eigenvalue weighted by Crippen LogP contribution is 2.32. The van der Waals surface area contributed by atoms with Gasteiger partial charge in [0.2, 0.25) is 0 Å². The van der Waals surface area contributed by atoms with Crippen molar-refractivity contribution in [2.45, 2.75) is 26.6 Å². The van der Waals surface area contributed by atoms with Crippen LogP contribution >= 0.6 is 0 Å². The van der Waals surface area contributed by atoms with Gasteiger partial charge in [0, 0.05) is 18.6 Å². The van der Waals surface area contributed by atoms with Crippen LogP contribution in [0.1, 0.15) is 33.6 Å². The first-order chi connectivity index (χ1) is 12.7. The second-order valence-electron chi connectivity index (χ2n) is 4.98. The first-order valence-electron chi connectivity index (χ1n) is 7.42. The number of nitrogens with one attached hydrogen (secondary N) is 1. The molecule has 146 valence electrons. The Labute approximate surface area is 149 Å². The van der Waals surface area contributed by atoms with Gasteiger partial charge >= 0.3 is 19.2 Å². The molecule has 0 atom stereocenters. The lowest BCUT2D eigenvalue weighted by Crippen LogP contribution is -2.13. The number of aromatic carboxylic acids is 1. The van der Waals surface area contributed by atoms with Gasteiger partial charge in [-0.25, -0.2) is 4.79 Å². The molecule has 0 spiro atoms. The van der Waals surface area contributed by atoms with Crippen LogP contribution in [0, 0.1) is 0 Å². The Morgan fingerprint density at radius 1 is 1.15 bits per heavy atom. The number of anilines is 1. The number of benzene rings is 1. The number of carbonyl (C=O) groups excluding carboxylic acids is 1. The fourth-order valence-electron chi connectivity index (χ4n) is 2.14. The Morgan fingerprint density at radius 2 is 1.81 bits per heavy atom. The van der Waals surface area contributed by atoms with Crippen molar-refractivity contribution in [3.05, 3.63) is 41.3 Å². The van der Waals surface area contributed by atoms with Gasteiger partial charge in [-0.05, 0) is 12.1 Å². The number of carboxylic acids is 1. The third-order valence-electron chi connectivity index (χ3n) is 3.23. The highest BCUT2D eigenvalue weighted by atomic mass is 19.3. The molecule has 0 fully saturated rings. The largest absolute Gasteiger partial charge is 0.478 e. The van der Waals surface area contributed by atoms with Crippen LogP contribution in [0.15, 0.2) is 28.7 Å². The Hall–Kier alpha value is -3.24. The molecule has 0 bridgehead atoms. The standard InChI is InChI=1S/C16H13F4NO6/c1-2-10-8(14(23)24)6-12(26-10)13(22)21-9-4-3-7(25-15(17)18)5-11(9)27-16(19)20/h3-6,15-16H,2H2,1H3,(H,21,22)(H,23,24). The number of aryl methyl sites for hydroxylation is 1. The molecule has 2 N–H and O–H groups in total. The Kier molecular flexibility index (Phi) is 6.27. The first-order valence-corrected chi connectivity index (χ1v) is 7.42. The molecule has 0 aliphatic heterocycles. The van der Waals surface area contributed by atoms with Gasteiger partial charge in [-0.2, -0.15) is 17.6 Å². The highest BCUT2D eigenvalue weighted by Gasteiger charge is 2.22. The summed E-state index contributed by atoms with van der Waals surface area (Å²) >= 11 is 0. The van der Waals surface area contributed by atoms with Crippen molar-refractivity contribution in [2.24, 2.45) is 0 Å². The van der Waals surface area contributed by atoms with Gasteiger partial charge < -0.3 is 24.3 Å². The van der Waals surface area contributed by atoms with E-state index in [0.717, 1.165) is 24.3 Å². The number of furan rings is 1. The zero-order valence-electron chi connectivity index (χ0n) is 13.7. The topological polar surface area (TPSA) is 98.0 Å². The van der Waals surface area contributed by atoms with E-state index < -0.39 is 36.6 Å². The molecule has 0 saturated carbocycles. The number of hydrogen-bond donors (Lipinski definition) is 2. The van der Waals surface area contributed by atoms with E-state index in [1.54, 1.807) is 6.92 Å². The summed E-state index contributed by atoms with van der Waals surface area (Å²) in [5.41, 5.74) is -0.499. The van der Waals surface area contributed by atoms with Gasteiger partial charge in [0.1, 0.15) is 17.1 Å². The summed E-state index contributed by atoms with van der Waals surface area (Å²) in [6.07, 6.45) is 0.203. The van der Waals surface area contributed by atoms with E-state index in [0.29, 0.717) is 0 Å². The fourth-order valence-corrected chi connectivity index (χ4v) is 2.14. The first kappa shape index (κ1) is 20.1. The predicted molar refractivity (Wildman–Crippen MR) is 82.7 cm³/mol. The van der Waals surface area contributed by atoms with Crippen molar-refractivity contribution in [3.8, 4) is 11.5 Å². The van der Waals surface area contributed by atoms with Crippen molar-refractivity contribution >= 4 is 17.6 Å². The fraction of sp³-hybridized carbons (Fsp3) is 0.250. The van der Waals surface area contributed by atoms with Gasteiger partial charge in [0.25, 0.3) is 5.91 Å². The van der Waals surface area contributed by atoms with Crippen LogP contribution in [0.5, 0.6) is 11.5 Å². The SMILES string of the molecule is CCc1oc(C(=O)Nc2ccc(OC(F)F)cc2OC(F)F)cc1C(=O)O. The zero-order valence-corrected chi connectivity index (χ0v) is 13.7. The van der Waals surface area contributed by atoms with E-state index in [1.165, 1.54) is 0 Å². The van der Waals surface area contributed by atoms with Crippen LogP contribution in [-0.4, -0.2) is 30.2 Å². The summed E-state index contributed by atoms with van der Waals surface area (Å²) in [7, 11) is 0. The van der Waals surface area contributed by atoms with Crippen LogP contribution in [0.2, 0.25) is 0 Å². The number of amides is 1. The molecule has 1 amide bonds. The number of rotatable bonds is 8. The number of alkyl halides is 4. The molecule has 0 radical (unpaired) electrons. The third-order valence-corrected chi connectivity index (χ3v) is 3.23. The zero-order chi connectivity index (χ0) is 20.1. The second kappa shape index (κ2) is 8.43. The summed E-state index contributed by atoms with van der Waals surface area (Å²) < 4.78 is 63.0. The lowest BCUT2D eigenvalue weighted by molar-refractivity contribution is -0.0540. The number of ether oxygens (including phenoxy) is 2. The Bertz CT molecular complexity index is 836. The molecule has 1 aromatic carbocycles. The van der Waals surface area contributed by atoms with E-state index in [1.807, 2.05) is 0 Å². The normalized spacial score (nSPS) is 10.9. The summed E-state index contributed by atoms with van der Waals surface area (Å²) in [6, 6.07) is 3.74. The van der Waals surface area contributed by atoms with E-state index in [4.69, 9.17) is 9.52 Å². The molecule has 2 aromatic rings. The molecule has 0 saturated heterocycles. The molecule has 0 aliphatic carbocycles. The van der Waals surface area contributed by atoms with Gasteiger partial charge in [-0.3, -0.25) is 4.79 Å².